The lowest BCUT2D eigenvalue weighted by molar-refractivity contribution is 0.750. The molecule has 1 aromatic heterocycles. The molecule has 0 amide bonds. The van der Waals surface area contributed by atoms with Crippen LogP contribution in [0.2, 0.25) is 0 Å². The molecule has 1 atom stereocenters. The van der Waals surface area contributed by atoms with E-state index >= 15 is 0 Å². The van der Waals surface area contributed by atoms with E-state index in [4.69, 9.17) is 5.73 Å². The number of aromatic nitrogens is 2. The van der Waals surface area contributed by atoms with E-state index in [2.05, 4.69) is 27.0 Å². The van der Waals surface area contributed by atoms with Crippen LogP contribution in [0, 0.1) is 0 Å². The fourth-order valence-corrected chi connectivity index (χ4v) is 2.23. The predicted molar refractivity (Wildman–Crippen MR) is 72.3 cm³/mol. The van der Waals surface area contributed by atoms with Crippen LogP contribution < -0.4 is 10.6 Å². The third-order valence-corrected chi connectivity index (χ3v) is 3.25. The number of anilines is 1. The van der Waals surface area contributed by atoms with Crippen molar-refractivity contribution in [2.24, 2.45) is 5.73 Å². The first kappa shape index (κ1) is 11.2. The van der Waals surface area contributed by atoms with Gasteiger partial charge in [0.15, 0.2) is 0 Å². The zero-order valence-corrected chi connectivity index (χ0v) is 10.2. The minimum atomic E-state index is 0.252. The SMILES string of the molecule is NC1CCN(c2ncc(-c3ccccc3)cn2)C1. The van der Waals surface area contributed by atoms with Crippen molar-refractivity contribution >= 4 is 5.95 Å². The second kappa shape index (κ2) is 4.74. The fourth-order valence-electron chi connectivity index (χ4n) is 2.23. The highest BCUT2D eigenvalue weighted by Gasteiger charge is 2.20. The van der Waals surface area contributed by atoms with Crippen LogP contribution in [0.25, 0.3) is 11.1 Å². The summed E-state index contributed by atoms with van der Waals surface area (Å²) in [5, 5.41) is 0. The predicted octanol–water partition coefficient (Wildman–Crippen LogP) is 1.68. The second-order valence-corrected chi connectivity index (χ2v) is 4.63. The highest BCUT2D eigenvalue weighted by molar-refractivity contribution is 5.61. The summed E-state index contributed by atoms with van der Waals surface area (Å²) in [6.45, 7) is 1.80. The van der Waals surface area contributed by atoms with Crippen molar-refractivity contribution in [3.63, 3.8) is 0 Å². The number of nitrogens with zero attached hydrogens (tertiary/aromatic N) is 3. The lowest BCUT2D eigenvalue weighted by atomic mass is 10.1. The number of rotatable bonds is 2. The zero-order valence-electron chi connectivity index (χ0n) is 10.2. The van der Waals surface area contributed by atoms with E-state index in [-0.39, 0.29) is 6.04 Å². The maximum absolute atomic E-state index is 5.89. The Morgan fingerprint density at radius 2 is 1.78 bits per heavy atom. The summed E-state index contributed by atoms with van der Waals surface area (Å²) in [6, 6.07) is 10.4. The molecule has 1 aliphatic rings. The van der Waals surface area contributed by atoms with Crippen LogP contribution in [0.5, 0.6) is 0 Å². The van der Waals surface area contributed by atoms with Crippen molar-refractivity contribution < 1.29 is 0 Å². The van der Waals surface area contributed by atoms with Crippen LogP contribution in [0.4, 0.5) is 5.95 Å². The molecule has 2 aromatic rings. The smallest absolute Gasteiger partial charge is 0.225 e. The molecular weight excluding hydrogens is 224 g/mol. The first-order chi connectivity index (χ1) is 8.83. The van der Waals surface area contributed by atoms with Gasteiger partial charge in [-0.3, -0.25) is 0 Å². The molecule has 3 rings (SSSR count). The molecule has 18 heavy (non-hydrogen) atoms. The Bertz CT molecular complexity index is 509. The average Bonchev–Trinajstić information content (AvgIpc) is 2.87. The van der Waals surface area contributed by atoms with Crippen LogP contribution in [-0.4, -0.2) is 29.1 Å². The molecule has 0 radical (unpaired) electrons. The van der Waals surface area contributed by atoms with Gasteiger partial charge in [0.05, 0.1) is 0 Å². The third kappa shape index (κ3) is 2.19. The van der Waals surface area contributed by atoms with Gasteiger partial charge >= 0.3 is 0 Å². The van der Waals surface area contributed by atoms with Crippen molar-refractivity contribution in [2.75, 3.05) is 18.0 Å². The number of hydrogen-bond donors (Lipinski definition) is 1. The van der Waals surface area contributed by atoms with Gasteiger partial charge in [0.1, 0.15) is 0 Å². The van der Waals surface area contributed by atoms with E-state index in [0.717, 1.165) is 36.6 Å². The van der Waals surface area contributed by atoms with Gasteiger partial charge in [0, 0.05) is 37.1 Å². The van der Waals surface area contributed by atoms with Crippen LogP contribution in [0.1, 0.15) is 6.42 Å². The van der Waals surface area contributed by atoms with Gasteiger partial charge in [0.2, 0.25) is 5.95 Å². The topological polar surface area (TPSA) is 55.0 Å². The van der Waals surface area contributed by atoms with E-state index in [9.17, 15) is 0 Å². The Morgan fingerprint density at radius 1 is 1.06 bits per heavy atom. The molecule has 1 saturated heterocycles. The minimum absolute atomic E-state index is 0.252. The molecule has 4 nitrogen and oxygen atoms in total. The van der Waals surface area contributed by atoms with Crippen LogP contribution in [0.3, 0.4) is 0 Å². The molecule has 2 N–H and O–H groups in total. The summed E-state index contributed by atoms with van der Waals surface area (Å²) in [5.41, 5.74) is 8.07. The molecule has 1 unspecified atom stereocenters. The van der Waals surface area contributed by atoms with E-state index in [1.807, 2.05) is 30.6 Å². The molecule has 4 heteroatoms. The Kier molecular flexibility index (Phi) is 2.94. The van der Waals surface area contributed by atoms with E-state index in [1.165, 1.54) is 0 Å². The normalized spacial score (nSPS) is 19.2. The lowest BCUT2D eigenvalue weighted by Crippen LogP contribution is -2.27. The van der Waals surface area contributed by atoms with Crippen molar-refractivity contribution in [1.29, 1.82) is 0 Å². The molecule has 1 aliphatic heterocycles. The van der Waals surface area contributed by atoms with E-state index in [1.54, 1.807) is 0 Å². The summed E-state index contributed by atoms with van der Waals surface area (Å²) in [4.78, 5) is 11.0. The van der Waals surface area contributed by atoms with Crippen LogP contribution >= 0.6 is 0 Å². The molecule has 0 spiro atoms. The number of hydrogen-bond acceptors (Lipinski definition) is 4. The number of benzene rings is 1. The molecule has 1 fully saturated rings. The molecule has 0 bridgehead atoms. The highest BCUT2D eigenvalue weighted by atomic mass is 15.3. The zero-order chi connectivity index (χ0) is 12.4. The molecule has 92 valence electrons. The monoisotopic (exact) mass is 240 g/mol. The third-order valence-electron chi connectivity index (χ3n) is 3.25. The summed E-state index contributed by atoms with van der Waals surface area (Å²) in [6.07, 6.45) is 4.77. The largest absolute Gasteiger partial charge is 0.339 e. The van der Waals surface area contributed by atoms with Gasteiger partial charge in [-0.1, -0.05) is 30.3 Å². The maximum atomic E-state index is 5.89. The fraction of sp³-hybridized carbons (Fsp3) is 0.286. The highest BCUT2D eigenvalue weighted by Crippen LogP contribution is 2.20. The van der Waals surface area contributed by atoms with Gasteiger partial charge in [-0.2, -0.15) is 0 Å². The summed E-state index contributed by atoms with van der Waals surface area (Å²) in [5.74, 6) is 0.780. The Morgan fingerprint density at radius 3 is 2.39 bits per heavy atom. The quantitative estimate of drug-likeness (QED) is 0.867. The Balaban J connectivity index is 1.81. The van der Waals surface area contributed by atoms with Gasteiger partial charge in [0.25, 0.3) is 0 Å². The lowest BCUT2D eigenvalue weighted by Gasteiger charge is -2.15. The van der Waals surface area contributed by atoms with Gasteiger partial charge in [-0.05, 0) is 12.0 Å². The van der Waals surface area contributed by atoms with Gasteiger partial charge in [-0.25, -0.2) is 9.97 Å². The summed E-state index contributed by atoms with van der Waals surface area (Å²) < 4.78 is 0. The molecule has 0 aliphatic carbocycles. The van der Waals surface area contributed by atoms with Gasteiger partial charge in [-0.15, -0.1) is 0 Å². The van der Waals surface area contributed by atoms with E-state index in [0.29, 0.717) is 0 Å². The van der Waals surface area contributed by atoms with Crippen molar-refractivity contribution in [2.45, 2.75) is 12.5 Å². The van der Waals surface area contributed by atoms with Crippen molar-refractivity contribution in [1.82, 2.24) is 9.97 Å². The van der Waals surface area contributed by atoms with E-state index < -0.39 is 0 Å². The summed E-state index contributed by atoms with van der Waals surface area (Å²) >= 11 is 0. The average molecular weight is 240 g/mol. The maximum Gasteiger partial charge on any atom is 0.225 e. The Hall–Kier alpha value is -1.94. The Labute approximate surface area is 106 Å². The first-order valence-electron chi connectivity index (χ1n) is 6.21. The summed E-state index contributed by atoms with van der Waals surface area (Å²) in [7, 11) is 0. The first-order valence-corrected chi connectivity index (χ1v) is 6.21. The second-order valence-electron chi connectivity index (χ2n) is 4.63. The molecule has 0 saturated carbocycles. The van der Waals surface area contributed by atoms with Crippen molar-refractivity contribution in [3.8, 4) is 11.1 Å². The minimum Gasteiger partial charge on any atom is -0.339 e. The molecule has 1 aromatic carbocycles. The number of nitrogens with two attached hydrogens (primary N) is 1. The van der Waals surface area contributed by atoms with Crippen LogP contribution in [0.15, 0.2) is 42.7 Å². The van der Waals surface area contributed by atoms with Crippen molar-refractivity contribution in [3.05, 3.63) is 42.7 Å². The van der Waals surface area contributed by atoms with Crippen LogP contribution in [-0.2, 0) is 0 Å². The molecule has 2 heterocycles. The standard InChI is InChI=1S/C14H16N4/c15-13-6-7-18(10-13)14-16-8-12(9-17-14)11-4-2-1-3-5-11/h1-5,8-9,13H,6-7,10,15H2. The molecular formula is C14H16N4. The van der Waals surface area contributed by atoms with Gasteiger partial charge < -0.3 is 10.6 Å².